The summed E-state index contributed by atoms with van der Waals surface area (Å²) in [6.07, 6.45) is 8.63. The molecule has 182 valence electrons. The lowest BCUT2D eigenvalue weighted by Gasteiger charge is -2.35. The van der Waals surface area contributed by atoms with Crippen LogP contribution in [0.15, 0.2) is 24.3 Å². The van der Waals surface area contributed by atoms with Crippen molar-refractivity contribution in [1.29, 1.82) is 0 Å². The highest BCUT2D eigenvalue weighted by molar-refractivity contribution is 6.01. The predicted molar refractivity (Wildman–Crippen MR) is 127 cm³/mol. The average molecular weight is 466 g/mol. The number of likely N-dealkylation sites (tertiary alicyclic amines) is 2. The SMILES string of the molecule is O=C(NC1(C(=O)N2CC[C@H]3OCC(=O)[C@H]32)CCCC1)c1ccc(C2CCN(C3CC3)CC2)cc1. The first-order valence-corrected chi connectivity index (χ1v) is 13.2. The third kappa shape index (κ3) is 3.97. The molecule has 0 bridgehead atoms. The van der Waals surface area contributed by atoms with Gasteiger partial charge < -0.3 is 19.9 Å². The number of carbonyl (C=O) groups excluding carboxylic acids is 3. The third-order valence-electron chi connectivity index (χ3n) is 8.83. The predicted octanol–water partition coefficient (Wildman–Crippen LogP) is 2.64. The molecule has 7 nitrogen and oxygen atoms in total. The monoisotopic (exact) mass is 465 g/mol. The second-order valence-electron chi connectivity index (χ2n) is 11.0. The van der Waals surface area contributed by atoms with Crippen molar-refractivity contribution in [1.82, 2.24) is 15.1 Å². The number of hydrogen-bond donors (Lipinski definition) is 1. The van der Waals surface area contributed by atoms with Crippen molar-refractivity contribution in [2.24, 2.45) is 0 Å². The molecule has 5 aliphatic rings. The summed E-state index contributed by atoms with van der Waals surface area (Å²) in [6, 6.07) is 8.36. The summed E-state index contributed by atoms with van der Waals surface area (Å²) in [4.78, 5) is 43.6. The van der Waals surface area contributed by atoms with Crippen LogP contribution in [0.25, 0.3) is 0 Å². The fourth-order valence-electron chi connectivity index (χ4n) is 6.70. The highest BCUT2D eigenvalue weighted by atomic mass is 16.5. The molecular formula is C27H35N3O4. The lowest BCUT2D eigenvalue weighted by Crippen LogP contribution is -2.60. The summed E-state index contributed by atoms with van der Waals surface area (Å²) in [5.74, 6) is 0.233. The number of fused-ring (bicyclic) bond motifs is 1. The van der Waals surface area contributed by atoms with E-state index in [9.17, 15) is 14.4 Å². The maximum Gasteiger partial charge on any atom is 0.252 e. The molecular weight excluding hydrogens is 430 g/mol. The molecule has 2 saturated carbocycles. The fraction of sp³-hybridized carbons (Fsp3) is 0.667. The highest BCUT2D eigenvalue weighted by Gasteiger charge is 2.53. The Balaban J connectivity index is 1.12. The second kappa shape index (κ2) is 8.76. The first-order chi connectivity index (χ1) is 16.5. The second-order valence-corrected chi connectivity index (χ2v) is 11.0. The molecule has 0 spiro atoms. The molecule has 3 heterocycles. The van der Waals surface area contributed by atoms with Crippen LogP contribution in [-0.2, 0) is 14.3 Å². The minimum atomic E-state index is -0.914. The van der Waals surface area contributed by atoms with Gasteiger partial charge in [0, 0.05) is 18.2 Å². The number of rotatable bonds is 5. The number of nitrogens with one attached hydrogen (secondary N) is 1. The van der Waals surface area contributed by atoms with Gasteiger partial charge in [-0.25, -0.2) is 0 Å². The van der Waals surface area contributed by atoms with Gasteiger partial charge in [0.1, 0.15) is 18.2 Å². The van der Waals surface area contributed by atoms with Gasteiger partial charge in [-0.2, -0.15) is 0 Å². The van der Waals surface area contributed by atoms with Crippen molar-refractivity contribution >= 4 is 17.6 Å². The van der Waals surface area contributed by atoms with Gasteiger partial charge in [-0.3, -0.25) is 14.4 Å². The Kier molecular flexibility index (Phi) is 5.72. The van der Waals surface area contributed by atoms with Gasteiger partial charge in [0.15, 0.2) is 5.78 Å². The average Bonchev–Trinajstić information content (AvgIpc) is 3.28. The van der Waals surface area contributed by atoms with Crippen LogP contribution < -0.4 is 5.32 Å². The Labute approximate surface area is 201 Å². The van der Waals surface area contributed by atoms with E-state index in [1.807, 2.05) is 12.1 Å². The minimum absolute atomic E-state index is 0.0196. The number of ketones is 1. The van der Waals surface area contributed by atoms with E-state index in [-0.39, 0.29) is 30.3 Å². The maximum atomic E-state index is 13.7. The van der Waals surface area contributed by atoms with E-state index < -0.39 is 11.6 Å². The van der Waals surface area contributed by atoms with Gasteiger partial charge in [0.05, 0.1) is 6.10 Å². The van der Waals surface area contributed by atoms with Gasteiger partial charge in [0.25, 0.3) is 5.91 Å². The van der Waals surface area contributed by atoms with Crippen LogP contribution in [0.4, 0.5) is 0 Å². The molecule has 1 N–H and O–H groups in total. The van der Waals surface area contributed by atoms with E-state index in [2.05, 4.69) is 22.3 Å². The zero-order valence-corrected chi connectivity index (χ0v) is 19.8. The van der Waals surface area contributed by atoms with Crippen LogP contribution in [-0.4, -0.2) is 77.4 Å². The minimum Gasteiger partial charge on any atom is -0.368 e. The Morgan fingerprint density at radius 1 is 0.941 bits per heavy atom. The van der Waals surface area contributed by atoms with Crippen molar-refractivity contribution in [3.05, 3.63) is 35.4 Å². The molecule has 2 atom stereocenters. The molecule has 3 aliphatic heterocycles. The molecule has 7 heteroatoms. The van der Waals surface area contributed by atoms with Crippen LogP contribution in [0.3, 0.4) is 0 Å². The van der Waals surface area contributed by atoms with Crippen molar-refractivity contribution in [2.45, 2.75) is 87.4 Å². The van der Waals surface area contributed by atoms with Crippen LogP contribution in [0.2, 0.25) is 0 Å². The van der Waals surface area contributed by atoms with Gasteiger partial charge in [0.2, 0.25) is 5.91 Å². The number of nitrogens with zero attached hydrogens (tertiary/aromatic N) is 2. The van der Waals surface area contributed by atoms with E-state index in [0.29, 0.717) is 37.3 Å². The number of piperidine rings is 1. The zero-order valence-electron chi connectivity index (χ0n) is 19.8. The van der Waals surface area contributed by atoms with Crippen molar-refractivity contribution in [2.75, 3.05) is 26.2 Å². The van der Waals surface area contributed by atoms with Crippen molar-refractivity contribution < 1.29 is 19.1 Å². The molecule has 1 aromatic rings. The molecule has 0 aromatic heterocycles. The summed E-state index contributed by atoms with van der Waals surface area (Å²) in [5.41, 5.74) is 0.989. The van der Waals surface area contributed by atoms with Crippen LogP contribution in [0, 0.1) is 0 Å². The maximum absolute atomic E-state index is 13.7. The van der Waals surface area contributed by atoms with Gasteiger partial charge in [-0.1, -0.05) is 25.0 Å². The fourth-order valence-corrected chi connectivity index (χ4v) is 6.70. The number of amides is 2. The van der Waals surface area contributed by atoms with Gasteiger partial charge in [-0.15, -0.1) is 0 Å². The van der Waals surface area contributed by atoms with Crippen molar-refractivity contribution in [3.8, 4) is 0 Å². The molecule has 2 aliphatic carbocycles. The smallest absolute Gasteiger partial charge is 0.252 e. The number of hydrogen-bond acceptors (Lipinski definition) is 5. The van der Waals surface area contributed by atoms with Gasteiger partial charge >= 0.3 is 0 Å². The molecule has 2 amide bonds. The standard InChI is InChI=1S/C27H35N3O4/c31-22-17-34-23-11-16-30(24(22)23)26(33)27(12-1-2-13-27)28-25(32)20-5-3-18(4-6-20)19-9-14-29(15-10-19)21-7-8-21/h3-6,19,21,23-24H,1-2,7-17H2,(H,28,32)/t23-,24-/m1/s1. The molecule has 0 radical (unpaired) electrons. The normalized spacial score (nSPS) is 29.4. The Morgan fingerprint density at radius 3 is 2.32 bits per heavy atom. The van der Waals surface area contributed by atoms with E-state index in [1.54, 1.807) is 4.90 Å². The summed E-state index contributed by atoms with van der Waals surface area (Å²) in [6.45, 7) is 2.96. The molecule has 34 heavy (non-hydrogen) atoms. The summed E-state index contributed by atoms with van der Waals surface area (Å²) >= 11 is 0. The van der Waals surface area contributed by atoms with Gasteiger partial charge in [-0.05, 0) is 81.6 Å². The van der Waals surface area contributed by atoms with Crippen molar-refractivity contribution in [3.63, 3.8) is 0 Å². The lowest BCUT2D eigenvalue weighted by molar-refractivity contribution is -0.142. The van der Waals surface area contributed by atoms with Crippen LogP contribution >= 0.6 is 0 Å². The lowest BCUT2D eigenvalue weighted by atomic mass is 9.88. The zero-order chi connectivity index (χ0) is 23.3. The summed E-state index contributed by atoms with van der Waals surface area (Å²) in [5, 5.41) is 3.12. The van der Waals surface area contributed by atoms with E-state index in [1.165, 1.54) is 44.3 Å². The first kappa shape index (κ1) is 22.2. The number of Topliss-reactive ketones (excluding diaryl/α,β-unsaturated/α-hetero) is 1. The summed E-state index contributed by atoms with van der Waals surface area (Å²) < 4.78 is 5.56. The third-order valence-corrected chi connectivity index (χ3v) is 8.83. The van der Waals surface area contributed by atoms with E-state index in [4.69, 9.17) is 4.74 Å². The quantitative estimate of drug-likeness (QED) is 0.723. The van der Waals surface area contributed by atoms with E-state index >= 15 is 0 Å². The Hall–Kier alpha value is -2.25. The first-order valence-electron chi connectivity index (χ1n) is 13.2. The topological polar surface area (TPSA) is 79.0 Å². The number of ether oxygens (including phenoxy) is 1. The highest BCUT2D eigenvalue weighted by Crippen LogP contribution is 2.37. The molecule has 5 fully saturated rings. The van der Waals surface area contributed by atoms with Crippen LogP contribution in [0.1, 0.15) is 79.6 Å². The number of benzene rings is 1. The summed E-state index contributed by atoms with van der Waals surface area (Å²) in [7, 11) is 0. The Morgan fingerprint density at radius 2 is 1.65 bits per heavy atom. The molecule has 1 aromatic carbocycles. The molecule has 3 saturated heterocycles. The Bertz CT molecular complexity index is 959. The molecule has 0 unspecified atom stereocenters. The number of carbonyl (C=O) groups is 3. The molecule has 6 rings (SSSR count). The van der Waals surface area contributed by atoms with E-state index in [0.717, 1.165) is 18.9 Å². The largest absolute Gasteiger partial charge is 0.368 e. The van der Waals surface area contributed by atoms with Crippen LogP contribution in [0.5, 0.6) is 0 Å².